The first-order valence-electron chi connectivity index (χ1n) is 10.8. The molecule has 1 aliphatic heterocycles. The van der Waals surface area contributed by atoms with Gasteiger partial charge in [0.2, 0.25) is 10.0 Å². The molecule has 32 heavy (non-hydrogen) atoms. The minimum atomic E-state index is -3.31. The molecule has 0 unspecified atom stereocenters. The molecule has 0 N–H and O–H groups in total. The molecule has 170 valence electrons. The second-order valence-corrected chi connectivity index (χ2v) is 10.8. The fourth-order valence-corrected chi connectivity index (χ4v) is 5.27. The Bertz CT molecular complexity index is 1210. The molecule has 0 bridgehead atoms. The van der Waals surface area contributed by atoms with E-state index in [-0.39, 0.29) is 6.54 Å². The lowest BCUT2D eigenvalue weighted by Gasteiger charge is -2.28. The molecule has 0 saturated heterocycles. The summed E-state index contributed by atoms with van der Waals surface area (Å²) in [5, 5.41) is 5.65. The van der Waals surface area contributed by atoms with Crippen LogP contribution in [-0.4, -0.2) is 46.7 Å². The van der Waals surface area contributed by atoms with Crippen molar-refractivity contribution in [2.45, 2.75) is 39.9 Å². The zero-order valence-corrected chi connectivity index (χ0v) is 20.3. The van der Waals surface area contributed by atoms with E-state index in [4.69, 9.17) is 16.7 Å². The van der Waals surface area contributed by atoms with Crippen LogP contribution in [0.5, 0.6) is 0 Å². The van der Waals surface area contributed by atoms with Crippen LogP contribution >= 0.6 is 11.6 Å². The summed E-state index contributed by atoms with van der Waals surface area (Å²) >= 11 is 6.17. The molecule has 0 spiro atoms. The SMILES string of the molecule is CCN(Cc1nn(-c2ccc(C)cc2)c2c1CN(Cc1cccc(Cl)c1)CC2)S(C)(=O)=O. The molecule has 2 aromatic carbocycles. The smallest absolute Gasteiger partial charge is 0.211 e. The molecular formula is C24H29ClN4O2S. The topological polar surface area (TPSA) is 58.4 Å². The Kier molecular flexibility index (Phi) is 6.72. The first-order valence-corrected chi connectivity index (χ1v) is 13.1. The molecule has 1 aliphatic rings. The summed E-state index contributed by atoms with van der Waals surface area (Å²) in [6.45, 7) is 7.03. The molecule has 0 atom stereocenters. The molecule has 6 nitrogen and oxygen atoms in total. The van der Waals surface area contributed by atoms with Crippen molar-refractivity contribution in [2.24, 2.45) is 0 Å². The molecular weight excluding hydrogens is 444 g/mol. The van der Waals surface area contributed by atoms with Crippen LogP contribution in [0.4, 0.5) is 0 Å². The van der Waals surface area contributed by atoms with Crippen molar-refractivity contribution >= 4 is 21.6 Å². The monoisotopic (exact) mass is 472 g/mol. The normalized spacial score (nSPS) is 14.7. The van der Waals surface area contributed by atoms with Gasteiger partial charge in [0.15, 0.2) is 0 Å². The summed E-state index contributed by atoms with van der Waals surface area (Å²) in [6.07, 6.45) is 2.10. The van der Waals surface area contributed by atoms with E-state index in [1.807, 2.05) is 29.8 Å². The molecule has 0 fully saturated rings. The fourth-order valence-electron chi connectivity index (χ4n) is 4.23. The highest BCUT2D eigenvalue weighted by Gasteiger charge is 2.28. The van der Waals surface area contributed by atoms with E-state index in [0.29, 0.717) is 6.54 Å². The maximum Gasteiger partial charge on any atom is 0.211 e. The minimum absolute atomic E-state index is 0.279. The minimum Gasteiger partial charge on any atom is -0.294 e. The van der Waals surface area contributed by atoms with Crippen LogP contribution in [0.15, 0.2) is 48.5 Å². The van der Waals surface area contributed by atoms with E-state index in [0.717, 1.165) is 53.7 Å². The molecule has 2 heterocycles. The lowest BCUT2D eigenvalue weighted by Crippen LogP contribution is -2.32. The van der Waals surface area contributed by atoms with Crippen LogP contribution in [0, 0.1) is 6.92 Å². The van der Waals surface area contributed by atoms with Gasteiger partial charge in [0.05, 0.1) is 29.9 Å². The van der Waals surface area contributed by atoms with Crippen LogP contribution in [0.3, 0.4) is 0 Å². The van der Waals surface area contributed by atoms with Crippen molar-refractivity contribution in [3.05, 3.63) is 81.6 Å². The summed E-state index contributed by atoms with van der Waals surface area (Å²) < 4.78 is 28.0. The Morgan fingerprint density at radius 2 is 1.91 bits per heavy atom. The van der Waals surface area contributed by atoms with Crippen LogP contribution < -0.4 is 0 Å². The van der Waals surface area contributed by atoms with Gasteiger partial charge in [-0.05, 0) is 36.8 Å². The number of sulfonamides is 1. The van der Waals surface area contributed by atoms with E-state index in [2.05, 4.69) is 42.2 Å². The molecule has 0 amide bonds. The van der Waals surface area contributed by atoms with Gasteiger partial charge in [-0.15, -0.1) is 0 Å². The molecule has 1 aromatic heterocycles. The Balaban J connectivity index is 1.69. The number of rotatable bonds is 7. The highest BCUT2D eigenvalue weighted by molar-refractivity contribution is 7.88. The molecule has 8 heteroatoms. The third kappa shape index (κ3) is 5.07. The third-order valence-corrected chi connectivity index (χ3v) is 7.50. The van der Waals surface area contributed by atoms with Gasteiger partial charge in [0.1, 0.15) is 0 Å². The maximum atomic E-state index is 12.3. The van der Waals surface area contributed by atoms with E-state index < -0.39 is 10.0 Å². The summed E-state index contributed by atoms with van der Waals surface area (Å²) in [5.41, 5.74) is 6.47. The first-order chi connectivity index (χ1) is 15.2. The van der Waals surface area contributed by atoms with Gasteiger partial charge >= 0.3 is 0 Å². The van der Waals surface area contributed by atoms with Crippen LogP contribution in [0.2, 0.25) is 5.02 Å². The van der Waals surface area contributed by atoms with E-state index in [9.17, 15) is 8.42 Å². The van der Waals surface area contributed by atoms with Crippen molar-refractivity contribution in [1.29, 1.82) is 0 Å². The fraction of sp³-hybridized carbons (Fsp3) is 0.375. The quantitative estimate of drug-likeness (QED) is 0.517. The van der Waals surface area contributed by atoms with Gasteiger partial charge in [-0.1, -0.05) is 48.4 Å². The number of hydrogen-bond donors (Lipinski definition) is 0. The summed E-state index contributed by atoms with van der Waals surface area (Å²) in [4.78, 5) is 2.37. The summed E-state index contributed by atoms with van der Waals surface area (Å²) in [6, 6.07) is 16.2. The zero-order chi connectivity index (χ0) is 22.9. The Morgan fingerprint density at radius 1 is 1.16 bits per heavy atom. The average molecular weight is 473 g/mol. The Labute approximate surface area is 195 Å². The van der Waals surface area contributed by atoms with E-state index in [1.54, 1.807) is 0 Å². The van der Waals surface area contributed by atoms with Crippen molar-refractivity contribution < 1.29 is 8.42 Å². The standard InChI is InChI=1S/C24H29ClN4O2S/c1-4-28(32(3,30)31)17-23-22-16-27(15-19-6-5-7-20(25)14-19)13-12-24(22)29(26-23)21-10-8-18(2)9-11-21/h5-11,14H,4,12-13,15-17H2,1-3H3. The first kappa shape index (κ1) is 23.0. The Hall–Kier alpha value is -2.19. The molecule has 0 aliphatic carbocycles. The third-order valence-electron chi connectivity index (χ3n) is 5.94. The number of hydrogen-bond acceptors (Lipinski definition) is 4. The lowest BCUT2D eigenvalue weighted by atomic mass is 10.0. The van der Waals surface area contributed by atoms with E-state index in [1.165, 1.54) is 21.7 Å². The molecule has 3 aromatic rings. The van der Waals surface area contributed by atoms with Crippen molar-refractivity contribution in [3.8, 4) is 5.69 Å². The number of benzene rings is 2. The Morgan fingerprint density at radius 3 is 2.56 bits per heavy atom. The second kappa shape index (κ2) is 9.35. The highest BCUT2D eigenvalue weighted by atomic mass is 35.5. The van der Waals surface area contributed by atoms with Crippen molar-refractivity contribution in [3.63, 3.8) is 0 Å². The van der Waals surface area contributed by atoms with Crippen LogP contribution in [0.1, 0.15) is 35.0 Å². The van der Waals surface area contributed by atoms with Crippen LogP contribution in [-0.2, 0) is 36.1 Å². The van der Waals surface area contributed by atoms with E-state index >= 15 is 0 Å². The number of aryl methyl sites for hydroxylation is 1. The number of nitrogens with zero attached hydrogens (tertiary/aromatic N) is 4. The number of aromatic nitrogens is 2. The van der Waals surface area contributed by atoms with Gasteiger partial charge < -0.3 is 0 Å². The maximum absolute atomic E-state index is 12.3. The predicted octanol–water partition coefficient (Wildman–Crippen LogP) is 4.17. The van der Waals surface area contributed by atoms with Gasteiger partial charge in [-0.3, -0.25) is 4.90 Å². The van der Waals surface area contributed by atoms with Gasteiger partial charge in [0, 0.05) is 43.2 Å². The van der Waals surface area contributed by atoms with Gasteiger partial charge in [0.25, 0.3) is 0 Å². The molecule has 0 saturated carbocycles. The molecule has 4 rings (SSSR count). The van der Waals surface area contributed by atoms with Crippen LogP contribution in [0.25, 0.3) is 5.69 Å². The summed E-state index contributed by atoms with van der Waals surface area (Å²) in [5.74, 6) is 0. The number of halogens is 1. The zero-order valence-electron chi connectivity index (χ0n) is 18.8. The largest absolute Gasteiger partial charge is 0.294 e. The van der Waals surface area contributed by atoms with Crippen molar-refractivity contribution in [1.82, 2.24) is 19.0 Å². The van der Waals surface area contributed by atoms with Crippen molar-refractivity contribution in [2.75, 3.05) is 19.3 Å². The molecule has 0 radical (unpaired) electrons. The second-order valence-electron chi connectivity index (χ2n) is 8.40. The lowest BCUT2D eigenvalue weighted by molar-refractivity contribution is 0.242. The van der Waals surface area contributed by atoms with Gasteiger partial charge in [-0.2, -0.15) is 9.40 Å². The number of fused-ring (bicyclic) bond motifs is 1. The highest BCUT2D eigenvalue weighted by Crippen LogP contribution is 2.28. The van der Waals surface area contributed by atoms with Gasteiger partial charge in [-0.25, -0.2) is 13.1 Å². The summed E-state index contributed by atoms with van der Waals surface area (Å²) in [7, 11) is -3.31. The average Bonchev–Trinajstić information content (AvgIpc) is 3.09. The predicted molar refractivity (Wildman–Crippen MR) is 128 cm³/mol.